The van der Waals surface area contributed by atoms with E-state index in [0.29, 0.717) is 11.5 Å². The normalized spacial score (nSPS) is 10.8. The highest BCUT2D eigenvalue weighted by molar-refractivity contribution is 5.85. The molecule has 0 atom stereocenters. The summed E-state index contributed by atoms with van der Waals surface area (Å²) < 4.78 is 3.24. The number of carbonyl (C=O) groups is 1. The van der Waals surface area contributed by atoms with Crippen LogP contribution in [0.25, 0.3) is 11.5 Å². The van der Waals surface area contributed by atoms with Crippen molar-refractivity contribution in [3.63, 3.8) is 0 Å². The maximum Gasteiger partial charge on any atom is 0.356 e. The first kappa shape index (κ1) is 9.52. The summed E-state index contributed by atoms with van der Waals surface area (Å²) in [5.74, 6) is -0.644. The van der Waals surface area contributed by atoms with Gasteiger partial charge in [0.05, 0.1) is 0 Å². The fourth-order valence-corrected chi connectivity index (χ4v) is 1.58. The fraction of sp³-hybridized carbons (Fsp3) is 0. The van der Waals surface area contributed by atoms with Crippen molar-refractivity contribution < 1.29 is 9.90 Å². The zero-order valence-electron chi connectivity index (χ0n) is 8.56. The predicted molar refractivity (Wildman–Crippen MR) is 57.1 cm³/mol. The number of aromatic nitrogens is 5. The second kappa shape index (κ2) is 3.41. The first-order chi connectivity index (χ1) is 8.25. The summed E-state index contributed by atoms with van der Waals surface area (Å²) >= 11 is 0. The van der Waals surface area contributed by atoms with Crippen molar-refractivity contribution in [3.8, 4) is 5.82 Å². The van der Waals surface area contributed by atoms with Gasteiger partial charge in [0.2, 0.25) is 0 Å². The summed E-state index contributed by atoms with van der Waals surface area (Å²) in [6.07, 6.45) is 9.50. The quantitative estimate of drug-likeness (QED) is 0.696. The summed E-state index contributed by atoms with van der Waals surface area (Å²) in [5.41, 5.74) is 0.534. The van der Waals surface area contributed by atoms with E-state index in [0.717, 1.165) is 0 Å². The van der Waals surface area contributed by atoms with Crippen molar-refractivity contribution in [2.75, 3.05) is 0 Å². The first-order valence-corrected chi connectivity index (χ1v) is 4.81. The molecule has 0 bridgehead atoms. The van der Waals surface area contributed by atoms with E-state index in [9.17, 15) is 4.79 Å². The van der Waals surface area contributed by atoms with E-state index in [4.69, 9.17) is 5.11 Å². The summed E-state index contributed by atoms with van der Waals surface area (Å²) in [5, 5.41) is 8.98. The molecule has 3 aromatic rings. The molecule has 3 rings (SSSR count). The minimum atomic E-state index is -1.08. The van der Waals surface area contributed by atoms with E-state index in [1.54, 1.807) is 40.1 Å². The van der Waals surface area contributed by atoms with Crippen molar-refractivity contribution in [1.82, 2.24) is 23.9 Å². The lowest BCUT2D eigenvalue weighted by Crippen LogP contribution is -2.08. The second-order valence-corrected chi connectivity index (χ2v) is 3.38. The van der Waals surface area contributed by atoms with Crippen LogP contribution in [0.4, 0.5) is 0 Å². The van der Waals surface area contributed by atoms with Gasteiger partial charge in [-0.3, -0.25) is 4.57 Å². The number of carboxylic acid groups (broad SMARTS) is 1. The van der Waals surface area contributed by atoms with Crippen LogP contribution >= 0.6 is 0 Å². The Kier molecular flexibility index (Phi) is 1.91. The van der Waals surface area contributed by atoms with Crippen LogP contribution in [-0.2, 0) is 0 Å². The Bertz CT molecular complexity index is 686. The Hall–Kier alpha value is -2.70. The molecule has 0 aliphatic heterocycles. The minimum absolute atomic E-state index is 0.0424. The summed E-state index contributed by atoms with van der Waals surface area (Å²) in [6.45, 7) is 0. The molecule has 7 heteroatoms. The topological polar surface area (TPSA) is 85.3 Å². The number of aromatic carboxylic acids is 1. The van der Waals surface area contributed by atoms with Crippen LogP contribution < -0.4 is 0 Å². The van der Waals surface area contributed by atoms with Crippen LogP contribution in [0.1, 0.15) is 10.5 Å². The van der Waals surface area contributed by atoms with Crippen LogP contribution in [0.5, 0.6) is 0 Å². The average Bonchev–Trinajstić information content (AvgIpc) is 2.98. The zero-order valence-corrected chi connectivity index (χ0v) is 8.56. The Labute approximate surface area is 95.0 Å². The standard InChI is InChI=1S/C10H7N5O2/c16-10(17)7-5-14-4-2-12-8(14)9(13-7)15-3-1-11-6-15/h1-6H,(H,16,17). The predicted octanol–water partition coefficient (Wildman–Crippen LogP) is 0.613. The van der Waals surface area contributed by atoms with Crippen LogP contribution in [0, 0.1) is 0 Å². The molecule has 0 aliphatic carbocycles. The molecule has 1 N–H and O–H groups in total. The highest BCUT2D eigenvalue weighted by Crippen LogP contribution is 2.12. The van der Waals surface area contributed by atoms with E-state index in [-0.39, 0.29) is 5.69 Å². The third-order valence-electron chi connectivity index (χ3n) is 2.32. The Morgan fingerprint density at radius 3 is 2.88 bits per heavy atom. The van der Waals surface area contributed by atoms with Gasteiger partial charge < -0.3 is 9.51 Å². The van der Waals surface area contributed by atoms with E-state index in [2.05, 4.69) is 15.0 Å². The molecule has 0 aliphatic rings. The van der Waals surface area contributed by atoms with Gasteiger partial charge in [-0.2, -0.15) is 0 Å². The average molecular weight is 229 g/mol. The molecule has 0 radical (unpaired) electrons. The fourth-order valence-electron chi connectivity index (χ4n) is 1.58. The van der Waals surface area contributed by atoms with Gasteiger partial charge >= 0.3 is 5.97 Å². The van der Waals surface area contributed by atoms with E-state index in [1.165, 1.54) is 6.20 Å². The maximum atomic E-state index is 11.0. The zero-order chi connectivity index (χ0) is 11.8. The van der Waals surface area contributed by atoms with Crippen molar-refractivity contribution in [1.29, 1.82) is 0 Å². The Morgan fingerprint density at radius 1 is 1.29 bits per heavy atom. The van der Waals surface area contributed by atoms with Gasteiger partial charge in [0.1, 0.15) is 6.33 Å². The molecule has 0 aromatic carbocycles. The third kappa shape index (κ3) is 1.44. The lowest BCUT2D eigenvalue weighted by molar-refractivity contribution is 0.0690. The molecular weight excluding hydrogens is 222 g/mol. The van der Waals surface area contributed by atoms with Crippen molar-refractivity contribution in [3.05, 3.63) is 43.0 Å². The van der Waals surface area contributed by atoms with E-state index in [1.807, 2.05) is 0 Å². The van der Waals surface area contributed by atoms with Gasteiger partial charge in [0.15, 0.2) is 17.2 Å². The molecular formula is C10H7N5O2. The van der Waals surface area contributed by atoms with Gasteiger partial charge in [0, 0.05) is 31.0 Å². The molecule has 0 amide bonds. The number of hydrogen-bond donors (Lipinski definition) is 1. The van der Waals surface area contributed by atoms with Gasteiger partial charge in [-0.15, -0.1) is 0 Å². The van der Waals surface area contributed by atoms with Crippen LogP contribution in [-0.4, -0.2) is 35.0 Å². The highest BCUT2D eigenvalue weighted by atomic mass is 16.4. The molecule has 0 fully saturated rings. The summed E-state index contributed by atoms with van der Waals surface area (Å²) in [4.78, 5) is 23.1. The van der Waals surface area contributed by atoms with E-state index >= 15 is 0 Å². The first-order valence-electron chi connectivity index (χ1n) is 4.81. The van der Waals surface area contributed by atoms with Crippen molar-refractivity contribution in [2.24, 2.45) is 0 Å². The number of hydrogen-bond acceptors (Lipinski definition) is 4. The Balaban J connectivity index is 2.35. The molecule has 0 saturated heterocycles. The van der Waals surface area contributed by atoms with Crippen LogP contribution in [0.3, 0.4) is 0 Å². The number of fused-ring (bicyclic) bond motifs is 1. The molecule has 3 heterocycles. The highest BCUT2D eigenvalue weighted by Gasteiger charge is 2.12. The number of carboxylic acids is 1. The maximum absolute atomic E-state index is 11.0. The molecule has 0 spiro atoms. The number of rotatable bonds is 2. The number of nitrogens with zero attached hydrogens (tertiary/aromatic N) is 5. The molecule has 84 valence electrons. The minimum Gasteiger partial charge on any atom is -0.476 e. The number of imidazole rings is 2. The SMILES string of the molecule is O=C(O)c1cn2ccnc2c(-n2ccnc2)n1. The molecule has 0 saturated carbocycles. The lowest BCUT2D eigenvalue weighted by atomic mass is 10.4. The van der Waals surface area contributed by atoms with Crippen molar-refractivity contribution in [2.45, 2.75) is 0 Å². The van der Waals surface area contributed by atoms with Gasteiger partial charge in [-0.1, -0.05) is 0 Å². The largest absolute Gasteiger partial charge is 0.476 e. The molecule has 0 unspecified atom stereocenters. The van der Waals surface area contributed by atoms with Gasteiger partial charge in [0.25, 0.3) is 0 Å². The van der Waals surface area contributed by atoms with Gasteiger partial charge in [-0.05, 0) is 0 Å². The molecule has 7 nitrogen and oxygen atoms in total. The van der Waals surface area contributed by atoms with E-state index < -0.39 is 5.97 Å². The molecule has 17 heavy (non-hydrogen) atoms. The van der Waals surface area contributed by atoms with Crippen molar-refractivity contribution >= 4 is 11.6 Å². The third-order valence-corrected chi connectivity index (χ3v) is 2.32. The van der Waals surface area contributed by atoms with Crippen LogP contribution in [0.2, 0.25) is 0 Å². The summed E-state index contributed by atoms with van der Waals surface area (Å²) in [6, 6.07) is 0. The second-order valence-electron chi connectivity index (χ2n) is 3.38. The lowest BCUT2D eigenvalue weighted by Gasteiger charge is -2.04. The summed E-state index contributed by atoms with van der Waals surface area (Å²) in [7, 11) is 0. The monoisotopic (exact) mass is 229 g/mol. The van der Waals surface area contributed by atoms with Gasteiger partial charge in [-0.25, -0.2) is 19.7 Å². The molecule has 3 aromatic heterocycles. The van der Waals surface area contributed by atoms with Crippen LogP contribution in [0.15, 0.2) is 37.3 Å². The smallest absolute Gasteiger partial charge is 0.356 e. The Morgan fingerprint density at radius 2 is 2.18 bits per heavy atom.